The number of hydrogen-bond donors (Lipinski definition) is 1. The number of nitrogens with zero attached hydrogens (tertiary/aromatic N) is 1. The van der Waals surface area contributed by atoms with Gasteiger partial charge in [-0.05, 0) is 12.8 Å². The van der Waals surface area contributed by atoms with E-state index in [1.165, 1.54) is 17.6 Å². The first kappa shape index (κ1) is 15.1. The van der Waals surface area contributed by atoms with Crippen molar-refractivity contribution in [2.45, 2.75) is 38.4 Å². The van der Waals surface area contributed by atoms with Gasteiger partial charge in [0, 0.05) is 11.1 Å². The van der Waals surface area contributed by atoms with Gasteiger partial charge in [0.25, 0.3) is 0 Å². The van der Waals surface area contributed by atoms with Crippen molar-refractivity contribution in [1.29, 1.82) is 0 Å². The molecule has 0 atom stereocenters. The van der Waals surface area contributed by atoms with E-state index in [4.69, 9.17) is 5.11 Å². The number of hydrogen-bond acceptors (Lipinski definition) is 5. The Bertz CT molecular complexity index is 519. The van der Waals surface area contributed by atoms with Crippen LogP contribution in [0.3, 0.4) is 0 Å². The van der Waals surface area contributed by atoms with Gasteiger partial charge in [-0.2, -0.15) is 0 Å². The molecule has 1 aromatic rings. The first-order valence-electron chi connectivity index (χ1n) is 5.68. The standard InChI is InChI=1S/C11H17NO4S2/c1-3-4-8-9(5-6-11(13)14)17-10(12-8)7-18(2,15)16/h3-7H2,1-2H3,(H,13,14). The Kier molecular flexibility index (Phi) is 5.28. The fraction of sp³-hybridized carbons (Fsp3) is 0.636. The van der Waals surface area contributed by atoms with Crippen LogP contribution >= 0.6 is 11.3 Å². The lowest BCUT2D eigenvalue weighted by atomic mass is 10.2. The Labute approximate surface area is 111 Å². The fourth-order valence-corrected chi connectivity index (χ4v) is 3.87. The molecule has 7 heteroatoms. The van der Waals surface area contributed by atoms with E-state index >= 15 is 0 Å². The molecule has 0 saturated heterocycles. The lowest BCUT2D eigenvalue weighted by molar-refractivity contribution is -0.136. The summed E-state index contributed by atoms with van der Waals surface area (Å²) in [5.41, 5.74) is 0.849. The maximum absolute atomic E-state index is 11.2. The summed E-state index contributed by atoms with van der Waals surface area (Å²) >= 11 is 1.31. The number of thiazole rings is 1. The van der Waals surface area contributed by atoms with Gasteiger partial charge >= 0.3 is 5.97 Å². The molecule has 0 amide bonds. The van der Waals surface area contributed by atoms with Crippen LogP contribution in [0.15, 0.2) is 0 Å². The Morgan fingerprint density at radius 1 is 1.39 bits per heavy atom. The van der Waals surface area contributed by atoms with Crippen molar-refractivity contribution in [1.82, 2.24) is 4.98 Å². The molecule has 5 nitrogen and oxygen atoms in total. The molecule has 0 saturated carbocycles. The van der Waals surface area contributed by atoms with Crippen molar-refractivity contribution in [2.24, 2.45) is 0 Å². The lowest BCUT2D eigenvalue weighted by Gasteiger charge is -1.97. The second-order valence-corrected chi connectivity index (χ2v) is 7.50. The number of carbonyl (C=O) groups is 1. The molecular formula is C11H17NO4S2. The molecule has 0 aromatic carbocycles. The highest BCUT2D eigenvalue weighted by Crippen LogP contribution is 2.23. The second-order valence-electron chi connectivity index (χ2n) is 4.19. The molecule has 1 aromatic heterocycles. The van der Waals surface area contributed by atoms with E-state index < -0.39 is 15.8 Å². The smallest absolute Gasteiger partial charge is 0.303 e. The third-order valence-electron chi connectivity index (χ3n) is 2.26. The highest BCUT2D eigenvalue weighted by Gasteiger charge is 2.15. The van der Waals surface area contributed by atoms with Gasteiger partial charge in [0.05, 0.1) is 12.1 Å². The predicted octanol–water partition coefficient (Wildman–Crippen LogP) is 1.66. The maximum Gasteiger partial charge on any atom is 0.303 e. The van der Waals surface area contributed by atoms with Gasteiger partial charge in [-0.25, -0.2) is 13.4 Å². The van der Waals surface area contributed by atoms with Gasteiger partial charge in [0.2, 0.25) is 0 Å². The Morgan fingerprint density at radius 2 is 2.06 bits per heavy atom. The molecule has 1 N–H and O–H groups in total. The molecule has 0 bridgehead atoms. The summed E-state index contributed by atoms with van der Waals surface area (Å²) in [6.45, 7) is 2.01. The number of aliphatic carboxylic acids is 1. The van der Waals surface area contributed by atoms with E-state index in [1.54, 1.807) is 0 Å². The molecule has 102 valence electrons. The van der Waals surface area contributed by atoms with E-state index in [-0.39, 0.29) is 12.2 Å². The number of aromatic nitrogens is 1. The van der Waals surface area contributed by atoms with Crippen LogP contribution in [-0.4, -0.2) is 30.7 Å². The zero-order valence-electron chi connectivity index (χ0n) is 10.5. The quantitative estimate of drug-likeness (QED) is 0.826. The normalized spacial score (nSPS) is 11.7. The minimum atomic E-state index is -3.10. The molecule has 0 aliphatic heterocycles. The van der Waals surface area contributed by atoms with Gasteiger partial charge in [0.15, 0.2) is 9.84 Å². The highest BCUT2D eigenvalue weighted by molar-refractivity contribution is 7.90. The minimum absolute atomic E-state index is 0.0528. The maximum atomic E-state index is 11.2. The van der Waals surface area contributed by atoms with Crippen LogP contribution in [0.4, 0.5) is 0 Å². The zero-order valence-corrected chi connectivity index (χ0v) is 12.1. The molecule has 0 fully saturated rings. The number of sulfone groups is 1. The highest BCUT2D eigenvalue weighted by atomic mass is 32.2. The summed E-state index contributed by atoms with van der Waals surface area (Å²) < 4.78 is 22.4. The number of carboxylic acids is 1. The largest absolute Gasteiger partial charge is 0.481 e. The molecule has 0 spiro atoms. The van der Waals surface area contributed by atoms with Gasteiger partial charge in [-0.3, -0.25) is 4.79 Å². The Hall–Kier alpha value is -0.950. The van der Waals surface area contributed by atoms with Crippen LogP contribution < -0.4 is 0 Å². The second kappa shape index (κ2) is 6.29. The summed E-state index contributed by atoms with van der Waals surface area (Å²) in [5.74, 6) is -0.919. The molecule has 18 heavy (non-hydrogen) atoms. The van der Waals surface area contributed by atoms with Crippen LogP contribution in [0.1, 0.15) is 35.3 Å². The summed E-state index contributed by atoms with van der Waals surface area (Å²) in [4.78, 5) is 15.8. The zero-order chi connectivity index (χ0) is 13.8. The SMILES string of the molecule is CCCc1nc(CS(C)(=O)=O)sc1CCC(=O)O. The van der Waals surface area contributed by atoms with E-state index in [9.17, 15) is 13.2 Å². The number of carboxylic acid groups (broad SMARTS) is 1. The van der Waals surface area contributed by atoms with Crippen LogP contribution in [-0.2, 0) is 33.2 Å². The average Bonchev–Trinajstić information content (AvgIpc) is 2.55. The first-order valence-corrected chi connectivity index (χ1v) is 8.56. The van der Waals surface area contributed by atoms with Crippen molar-refractivity contribution in [3.05, 3.63) is 15.6 Å². The summed E-state index contributed by atoms with van der Waals surface area (Å²) in [7, 11) is -3.10. The van der Waals surface area contributed by atoms with Gasteiger partial charge in [-0.1, -0.05) is 13.3 Å². The minimum Gasteiger partial charge on any atom is -0.481 e. The molecule has 0 aliphatic rings. The molecule has 0 radical (unpaired) electrons. The summed E-state index contributed by atoms with van der Waals surface area (Å²) in [6, 6.07) is 0. The van der Waals surface area contributed by atoms with Crippen LogP contribution in [0.2, 0.25) is 0 Å². The first-order chi connectivity index (χ1) is 8.31. The number of aryl methyl sites for hydroxylation is 2. The predicted molar refractivity (Wildman–Crippen MR) is 70.6 cm³/mol. The van der Waals surface area contributed by atoms with Gasteiger partial charge < -0.3 is 5.11 Å². The molecule has 1 rings (SSSR count). The topological polar surface area (TPSA) is 84.3 Å². The third-order valence-corrected chi connectivity index (χ3v) is 4.40. The molecular weight excluding hydrogens is 274 g/mol. The van der Waals surface area contributed by atoms with Crippen LogP contribution in [0.25, 0.3) is 0 Å². The van der Waals surface area contributed by atoms with E-state index in [0.29, 0.717) is 11.4 Å². The summed E-state index contributed by atoms with van der Waals surface area (Å²) in [6.07, 6.45) is 3.31. The van der Waals surface area contributed by atoms with Crippen molar-refractivity contribution < 1.29 is 18.3 Å². The third kappa shape index (κ3) is 5.14. The fourth-order valence-electron chi connectivity index (χ4n) is 1.57. The van der Waals surface area contributed by atoms with Crippen molar-refractivity contribution in [3.8, 4) is 0 Å². The number of rotatable bonds is 7. The van der Waals surface area contributed by atoms with E-state index in [0.717, 1.165) is 23.4 Å². The average molecular weight is 291 g/mol. The Balaban J connectivity index is 2.89. The van der Waals surface area contributed by atoms with Crippen LogP contribution in [0.5, 0.6) is 0 Å². The lowest BCUT2D eigenvalue weighted by Crippen LogP contribution is -2.00. The van der Waals surface area contributed by atoms with E-state index in [1.807, 2.05) is 6.92 Å². The van der Waals surface area contributed by atoms with Crippen LogP contribution in [0, 0.1) is 0 Å². The van der Waals surface area contributed by atoms with Crippen molar-refractivity contribution in [2.75, 3.05) is 6.26 Å². The summed E-state index contributed by atoms with van der Waals surface area (Å²) in [5, 5.41) is 9.23. The van der Waals surface area contributed by atoms with E-state index in [2.05, 4.69) is 4.98 Å². The molecule has 0 aliphatic carbocycles. The van der Waals surface area contributed by atoms with Gasteiger partial charge in [-0.15, -0.1) is 11.3 Å². The molecule has 1 heterocycles. The Morgan fingerprint density at radius 3 is 2.56 bits per heavy atom. The monoisotopic (exact) mass is 291 g/mol. The van der Waals surface area contributed by atoms with Crippen molar-refractivity contribution in [3.63, 3.8) is 0 Å². The van der Waals surface area contributed by atoms with Crippen molar-refractivity contribution >= 4 is 27.1 Å². The van der Waals surface area contributed by atoms with Gasteiger partial charge in [0.1, 0.15) is 10.8 Å². The molecule has 0 unspecified atom stereocenters.